The quantitative estimate of drug-likeness (QED) is 0.278. The highest BCUT2D eigenvalue weighted by Crippen LogP contribution is 2.08. The van der Waals surface area contributed by atoms with Crippen LogP contribution < -0.4 is 5.32 Å². The van der Waals surface area contributed by atoms with E-state index in [0.29, 0.717) is 6.54 Å². The number of hydrogen-bond acceptors (Lipinski definition) is 4. The number of amides is 1. The van der Waals surface area contributed by atoms with Crippen molar-refractivity contribution in [1.29, 1.82) is 0 Å². The van der Waals surface area contributed by atoms with Crippen LogP contribution in [0.3, 0.4) is 0 Å². The van der Waals surface area contributed by atoms with Gasteiger partial charge in [-0.25, -0.2) is 0 Å². The summed E-state index contributed by atoms with van der Waals surface area (Å²) in [6, 6.07) is 10.7. The van der Waals surface area contributed by atoms with Crippen molar-refractivity contribution < 1.29 is 4.79 Å². The van der Waals surface area contributed by atoms with Gasteiger partial charge in [-0.3, -0.25) is 19.6 Å². The van der Waals surface area contributed by atoms with Gasteiger partial charge >= 0.3 is 0 Å². The Morgan fingerprint density at radius 1 is 1.03 bits per heavy atom. The lowest BCUT2D eigenvalue weighted by Gasteiger charge is -2.34. The maximum Gasteiger partial charge on any atom is 0.242 e. The Kier molecular flexibility index (Phi) is 13.7. The third-order valence-corrected chi connectivity index (χ3v) is 5.58. The molecule has 0 unspecified atom stereocenters. The van der Waals surface area contributed by atoms with Crippen LogP contribution in [-0.2, 0) is 11.3 Å². The van der Waals surface area contributed by atoms with Crippen LogP contribution in [0.15, 0.2) is 35.3 Å². The summed E-state index contributed by atoms with van der Waals surface area (Å²) < 4.78 is 0. The minimum atomic E-state index is 0. The fourth-order valence-corrected chi connectivity index (χ4v) is 3.73. The molecule has 0 spiro atoms. The maximum atomic E-state index is 12.4. The van der Waals surface area contributed by atoms with Crippen LogP contribution in [0.1, 0.15) is 26.3 Å². The number of likely N-dealkylation sites (N-methyl/N-ethyl adjacent to an activating group) is 2. The van der Waals surface area contributed by atoms with Crippen molar-refractivity contribution >= 4 is 35.8 Å². The molecule has 8 heteroatoms. The van der Waals surface area contributed by atoms with Crippen molar-refractivity contribution in [3.05, 3.63) is 35.9 Å². The number of aliphatic imine (C=N–C) groups is 1. The Morgan fingerprint density at radius 2 is 1.65 bits per heavy atom. The van der Waals surface area contributed by atoms with E-state index in [-0.39, 0.29) is 29.9 Å². The monoisotopic (exact) mass is 544 g/mol. The first-order valence-corrected chi connectivity index (χ1v) is 11.3. The minimum absolute atomic E-state index is 0. The highest BCUT2D eigenvalue weighted by Gasteiger charge is 2.17. The summed E-state index contributed by atoms with van der Waals surface area (Å²) in [4.78, 5) is 25.9. The van der Waals surface area contributed by atoms with E-state index in [1.54, 1.807) is 0 Å². The van der Waals surface area contributed by atoms with Gasteiger partial charge in [-0.05, 0) is 26.3 Å². The van der Waals surface area contributed by atoms with Gasteiger partial charge in [0.05, 0.1) is 13.1 Å². The Bertz CT molecular complexity index is 645. The Labute approximate surface area is 205 Å². The number of rotatable bonds is 10. The van der Waals surface area contributed by atoms with Gasteiger partial charge < -0.3 is 15.1 Å². The Balaban J connectivity index is 0.00000480. The van der Waals surface area contributed by atoms with Crippen molar-refractivity contribution in [1.82, 2.24) is 24.9 Å². The molecule has 1 aliphatic heterocycles. The lowest BCUT2D eigenvalue weighted by atomic mass is 10.2. The van der Waals surface area contributed by atoms with E-state index in [0.717, 1.165) is 71.4 Å². The van der Waals surface area contributed by atoms with Gasteiger partial charge in [0.15, 0.2) is 5.96 Å². The predicted octanol–water partition coefficient (Wildman–Crippen LogP) is 2.19. The van der Waals surface area contributed by atoms with E-state index < -0.39 is 0 Å². The van der Waals surface area contributed by atoms with E-state index in [1.165, 1.54) is 5.56 Å². The summed E-state index contributed by atoms with van der Waals surface area (Å²) in [5, 5.41) is 3.31. The average molecular weight is 545 g/mol. The molecule has 0 radical (unpaired) electrons. The van der Waals surface area contributed by atoms with Crippen LogP contribution in [-0.4, -0.2) is 104 Å². The van der Waals surface area contributed by atoms with Gasteiger partial charge in [-0.15, -0.1) is 24.0 Å². The van der Waals surface area contributed by atoms with E-state index in [9.17, 15) is 4.79 Å². The Morgan fingerprint density at radius 3 is 2.23 bits per heavy atom. The van der Waals surface area contributed by atoms with Gasteiger partial charge in [0.2, 0.25) is 5.91 Å². The van der Waals surface area contributed by atoms with Gasteiger partial charge in [0, 0.05) is 66.0 Å². The van der Waals surface area contributed by atoms with Gasteiger partial charge in [0.25, 0.3) is 0 Å². The topological polar surface area (TPSA) is 54.4 Å². The van der Waals surface area contributed by atoms with Crippen molar-refractivity contribution in [3.63, 3.8) is 0 Å². The molecule has 1 aromatic carbocycles. The van der Waals surface area contributed by atoms with Crippen LogP contribution in [0.4, 0.5) is 0 Å². The second-order valence-electron chi connectivity index (χ2n) is 7.76. The molecular weight excluding hydrogens is 503 g/mol. The first-order chi connectivity index (χ1) is 14.6. The van der Waals surface area contributed by atoms with Crippen molar-refractivity contribution in [2.45, 2.75) is 27.3 Å². The molecule has 1 N–H and O–H groups in total. The summed E-state index contributed by atoms with van der Waals surface area (Å²) in [5.41, 5.74) is 1.38. The van der Waals surface area contributed by atoms with E-state index in [2.05, 4.69) is 52.4 Å². The molecule has 0 aliphatic carbocycles. The van der Waals surface area contributed by atoms with Crippen LogP contribution in [0.2, 0.25) is 0 Å². The molecule has 1 heterocycles. The third-order valence-electron chi connectivity index (χ3n) is 5.58. The number of carbonyl (C=O) groups excluding carboxylic acids is 1. The molecule has 1 amide bonds. The van der Waals surface area contributed by atoms with Crippen LogP contribution in [0, 0.1) is 0 Å². The Hall–Kier alpha value is -1.39. The lowest BCUT2D eigenvalue weighted by Crippen LogP contribution is -2.47. The van der Waals surface area contributed by atoms with Gasteiger partial charge in [-0.1, -0.05) is 30.3 Å². The molecule has 0 aromatic heterocycles. The molecule has 1 aromatic rings. The number of guanidine groups is 1. The van der Waals surface area contributed by atoms with Crippen molar-refractivity contribution in [3.8, 4) is 0 Å². The summed E-state index contributed by atoms with van der Waals surface area (Å²) in [6.07, 6.45) is 0. The molecular formula is C23H41IN6O. The third kappa shape index (κ3) is 9.74. The van der Waals surface area contributed by atoms with E-state index >= 15 is 0 Å². The zero-order valence-corrected chi connectivity index (χ0v) is 22.0. The van der Waals surface area contributed by atoms with Crippen molar-refractivity contribution in [2.75, 3.05) is 72.5 Å². The van der Waals surface area contributed by atoms with E-state index in [4.69, 9.17) is 4.99 Å². The van der Waals surface area contributed by atoms with Gasteiger partial charge in [-0.2, -0.15) is 0 Å². The van der Waals surface area contributed by atoms with Crippen molar-refractivity contribution in [2.24, 2.45) is 4.99 Å². The maximum absolute atomic E-state index is 12.4. The second kappa shape index (κ2) is 15.4. The summed E-state index contributed by atoms with van der Waals surface area (Å²) in [7, 11) is 1.94. The molecule has 0 saturated carbocycles. The highest BCUT2D eigenvalue weighted by molar-refractivity contribution is 14.0. The first kappa shape index (κ1) is 27.6. The molecule has 7 nitrogen and oxygen atoms in total. The SMILES string of the molecule is CCNC(=NCCN1CCN(Cc2ccccc2)CC1)N(C)CC(=O)N(CC)CC.I. The lowest BCUT2D eigenvalue weighted by molar-refractivity contribution is -0.131. The number of piperazine rings is 1. The normalized spacial score (nSPS) is 15.3. The van der Waals surface area contributed by atoms with Gasteiger partial charge in [0.1, 0.15) is 0 Å². The fourth-order valence-electron chi connectivity index (χ4n) is 3.73. The molecule has 176 valence electrons. The first-order valence-electron chi connectivity index (χ1n) is 11.3. The van der Waals surface area contributed by atoms with Crippen LogP contribution in [0.5, 0.6) is 0 Å². The smallest absolute Gasteiger partial charge is 0.242 e. The molecule has 1 saturated heterocycles. The number of hydrogen-bond donors (Lipinski definition) is 1. The number of carbonyl (C=O) groups is 1. The number of halogens is 1. The largest absolute Gasteiger partial charge is 0.357 e. The number of nitrogens with zero attached hydrogens (tertiary/aromatic N) is 5. The number of benzene rings is 1. The summed E-state index contributed by atoms with van der Waals surface area (Å²) in [6.45, 7) is 15.8. The van der Waals surface area contributed by atoms with E-state index in [1.807, 2.05) is 30.7 Å². The molecule has 1 fully saturated rings. The predicted molar refractivity (Wildman–Crippen MR) is 140 cm³/mol. The molecule has 31 heavy (non-hydrogen) atoms. The highest BCUT2D eigenvalue weighted by atomic mass is 127. The molecule has 0 atom stereocenters. The molecule has 2 rings (SSSR count). The average Bonchev–Trinajstić information content (AvgIpc) is 2.76. The molecule has 1 aliphatic rings. The molecule has 0 bridgehead atoms. The van der Waals surface area contributed by atoms with Crippen LogP contribution in [0.25, 0.3) is 0 Å². The zero-order valence-electron chi connectivity index (χ0n) is 19.7. The second-order valence-corrected chi connectivity index (χ2v) is 7.76. The standard InChI is InChI=1S/C23H40N6O.HI/c1-5-24-23(26(4)20-22(30)29(6-2)7-3)25-13-14-27-15-17-28(18-16-27)19-21-11-9-8-10-12-21;/h8-12H,5-7,13-20H2,1-4H3,(H,24,25);1H. The zero-order chi connectivity index (χ0) is 21.8. The fraction of sp³-hybridized carbons (Fsp3) is 0.652. The van der Waals surface area contributed by atoms with Crippen LogP contribution >= 0.6 is 24.0 Å². The summed E-state index contributed by atoms with van der Waals surface area (Å²) >= 11 is 0. The summed E-state index contributed by atoms with van der Waals surface area (Å²) in [5.74, 6) is 0.948. The number of nitrogens with one attached hydrogen (secondary N) is 1. The minimum Gasteiger partial charge on any atom is -0.357 e.